The van der Waals surface area contributed by atoms with Crippen molar-refractivity contribution in [2.24, 2.45) is 0 Å². The van der Waals surface area contributed by atoms with Gasteiger partial charge >= 0.3 is 5.97 Å². The van der Waals surface area contributed by atoms with Crippen molar-refractivity contribution in [1.82, 2.24) is 4.90 Å². The lowest BCUT2D eigenvalue weighted by Gasteiger charge is -2.25. The molecule has 0 bridgehead atoms. The maximum absolute atomic E-state index is 13.8. The Morgan fingerprint density at radius 1 is 1.00 bits per heavy atom. The molecule has 36 heavy (non-hydrogen) atoms. The Kier molecular flexibility index (Phi) is 6.87. The number of benzene rings is 3. The van der Waals surface area contributed by atoms with E-state index in [1.54, 1.807) is 43.3 Å². The summed E-state index contributed by atoms with van der Waals surface area (Å²) >= 11 is 0. The Balaban J connectivity index is 1.77. The van der Waals surface area contributed by atoms with Crippen molar-refractivity contribution in [3.63, 3.8) is 0 Å². The first-order valence-electron chi connectivity index (χ1n) is 11.3. The van der Waals surface area contributed by atoms with Crippen LogP contribution < -0.4 is 0 Å². The van der Waals surface area contributed by atoms with E-state index in [4.69, 9.17) is 4.74 Å². The van der Waals surface area contributed by atoms with Crippen LogP contribution in [-0.4, -0.2) is 39.4 Å². The Bertz CT molecular complexity index is 1360. The molecule has 1 atom stereocenters. The predicted molar refractivity (Wildman–Crippen MR) is 129 cm³/mol. The minimum absolute atomic E-state index is 0.000542. The number of rotatable bonds is 6. The molecule has 2 N–H and O–H groups in total. The van der Waals surface area contributed by atoms with Gasteiger partial charge < -0.3 is 19.8 Å². The average molecular weight is 489 g/mol. The number of ether oxygens (including phenoxy) is 1. The van der Waals surface area contributed by atoms with Gasteiger partial charge in [-0.1, -0.05) is 24.3 Å². The third kappa shape index (κ3) is 4.70. The molecule has 1 amide bonds. The molecule has 1 unspecified atom stereocenters. The van der Waals surface area contributed by atoms with Crippen LogP contribution in [0.25, 0.3) is 5.76 Å². The summed E-state index contributed by atoms with van der Waals surface area (Å²) in [6.07, 6.45) is 0. The Hall–Kier alpha value is -4.46. The van der Waals surface area contributed by atoms with Crippen LogP contribution in [0, 0.1) is 12.7 Å². The lowest BCUT2D eigenvalue weighted by atomic mass is 9.94. The lowest BCUT2D eigenvalue weighted by molar-refractivity contribution is -0.140. The summed E-state index contributed by atoms with van der Waals surface area (Å²) in [5, 5.41) is 20.8. The topological polar surface area (TPSA) is 104 Å². The van der Waals surface area contributed by atoms with Gasteiger partial charge in [0.15, 0.2) is 0 Å². The van der Waals surface area contributed by atoms with E-state index < -0.39 is 35.3 Å². The van der Waals surface area contributed by atoms with Gasteiger partial charge in [0, 0.05) is 12.1 Å². The fourth-order valence-electron chi connectivity index (χ4n) is 4.15. The van der Waals surface area contributed by atoms with Crippen molar-refractivity contribution in [3.8, 4) is 5.75 Å². The van der Waals surface area contributed by atoms with Gasteiger partial charge in [-0.25, -0.2) is 9.18 Å². The van der Waals surface area contributed by atoms with E-state index in [0.29, 0.717) is 16.7 Å². The van der Waals surface area contributed by atoms with Crippen molar-refractivity contribution in [1.29, 1.82) is 0 Å². The molecule has 1 heterocycles. The molecule has 184 valence electrons. The van der Waals surface area contributed by atoms with Gasteiger partial charge in [-0.3, -0.25) is 9.59 Å². The summed E-state index contributed by atoms with van der Waals surface area (Å²) in [6, 6.07) is 15.4. The number of carbonyl (C=O) groups is 3. The number of aliphatic hydroxyl groups is 1. The molecule has 0 aliphatic carbocycles. The van der Waals surface area contributed by atoms with E-state index in [0.717, 1.165) is 0 Å². The number of hydrogen-bond donors (Lipinski definition) is 2. The first kappa shape index (κ1) is 24.7. The Morgan fingerprint density at radius 3 is 2.25 bits per heavy atom. The zero-order valence-electron chi connectivity index (χ0n) is 19.7. The van der Waals surface area contributed by atoms with Gasteiger partial charge in [0.2, 0.25) is 0 Å². The zero-order chi connectivity index (χ0) is 26.0. The Labute approximate surface area is 207 Å². The molecule has 1 aliphatic rings. The largest absolute Gasteiger partial charge is 0.508 e. The van der Waals surface area contributed by atoms with E-state index in [2.05, 4.69) is 0 Å². The van der Waals surface area contributed by atoms with E-state index in [1.807, 2.05) is 0 Å². The molecule has 0 radical (unpaired) electrons. The van der Waals surface area contributed by atoms with E-state index >= 15 is 0 Å². The molecule has 0 aromatic heterocycles. The molecule has 7 nitrogen and oxygen atoms in total. The number of esters is 1. The first-order valence-corrected chi connectivity index (χ1v) is 11.3. The van der Waals surface area contributed by atoms with Crippen LogP contribution in [0.5, 0.6) is 5.75 Å². The highest BCUT2D eigenvalue weighted by Gasteiger charge is 2.46. The number of carbonyl (C=O) groups excluding carboxylic acids is 3. The molecule has 1 saturated heterocycles. The third-order valence-electron chi connectivity index (χ3n) is 6.00. The smallest absolute Gasteiger partial charge is 0.338 e. The molecule has 0 spiro atoms. The molecule has 4 rings (SSSR count). The molecular formula is C28H24FNO6. The molecule has 1 fully saturated rings. The molecule has 3 aromatic rings. The summed E-state index contributed by atoms with van der Waals surface area (Å²) in [5.74, 6) is -3.05. The van der Waals surface area contributed by atoms with E-state index in [1.165, 1.54) is 42.2 Å². The van der Waals surface area contributed by atoms with Gasteiger partial charge in [-0.15, -0.1) is 0 Å². The van der Waals surface area contributed by atoms with E-state index in [-0.39, 0.29) is 35.6 Å². The van der Waals surface area contributed by atoms with Crippen LogP contribution in [0.2, 0.25) is 0 Å². The number of aryl methyl sites for hydroxylation is 1. The maximum atomic E-state index is 13.8. The predicted octanol–water partition coefficient (Wildman–Crippen LogP) is 4.64. The van der Waals surface area contributed by atoms with Crippen LogP contribution >= 0.6 is 0 Å². The maximum Gasteiger partial charge on any atom is 0.338 e. The fourth-order valence-corrected chi connectivity index (χ4v) is 4.15. The van der Waals surface area contributed by atoms with Crippen molar-refractivity contribution in [2.45, 2.75) is 26.4 Å². The highest BCUT2D eigenvalue weighted by atomic mass is 19.1. The summed E-state index contributed by atoms with van der Waals surface area (Å²) in [4.78, 5) is 39.5. The van der Waals surface area contributed by atoms with Gasteiger partial charge in [-0.2, -0.15) is 0 Å². The van der Waals surface area contributed by atoms with Gasteiger partial charge in [0.05, 0.1) is 23.8 Å². The summed E-state index contributed by atoms with van der Waals surface area (Å²) < 4.78 is 18.8. The highest BCUT2D eigenvalue weighted by molar-refractivity contribution is 6.46. The minimum Gasteiger partial charge on any atom is -0.508 e. The number of Topliss-reactive ketones (excluding diaryl/α,β-unsaturated/α-hetero) is 1. The molecule has 3 aromatic carbocycles. The second-order valence-corrected chi connectivity index (χ2v) is 8.40. The SMILES string of the molecule is CCOC(=O)c1ccc(CN2C(=O)C(=O)/C(=C(\O)c3ccc(F)c(C)c3)C2c2ccc(O)cc2)cc1. The van der Waals surface area contributed by atoms with Crippen molar-refractivity contribution in [3.05, 3.63) is 106 Å². The van der Waals surface area contributed by atoms with Crippen LogP contribution in [0.4, 0.5) is 4.39 Å². The monoisotopic (exact) mass is 489 g/mol. The summed E-state index contributed by atoms with van der Waals surface area (Å²) in [6.45, 7) is 3.49. The second kappa shape index (κ2) is 10.0. The molecule has 8 heteroatoms. The number of hydrogen-bond acceptors (Lipinski definition) is 6. The second-order valence-electron chi connectivity index (χ2n) is 8.40. The number of likely N-dealkylation sites (tertiary alicyclic amines) is 1. The number of phenolic OH excluding ortho intramolecular Hbond substituents is 1. The van der Waals surface area contributed by atoms with Crippen LogP contribution in [0.1, 0.15) is 45.6 Å². The van der Waals surface area contributed by atoms with Gasteiger partial charge in [0.1, 0.15) is 17.3 Å². The summed E-state index contributed by atoms with van der Waals surface area (Å²) in [5.41, 5.74) is 1.83. The molecule has 1 aliphatic heterocycles. The van der Waals surface area contributed by atoms with E-state index in [9.17, 15) is 29.0 Å². The van der Waals surface area contributed by atoms with Crippen LogP contribution in [0.3, 0.4) is 0 Å². The zero-order valence-corrected chi connectivity index (χ0v) is 19.7. The van der Waals surface area contributed by atoms with Crippen molar-refractivity contribution < 1.29 is 33.7 Å². The summed E-state index contributed by atoms with van der Waals surface area (Å²) in [7, 11) is 0. The van der Waals surface area contributed by atoms with Crippen molar-refractivity contribution >= 4 is 23.4 Å². The molecular weight excluding hydrogens is 465 g/mol. The molecule has 0 saturated carbocycles. The minimum atomic E-state index is -0.958. The fraction of sp³-hybridized carbons (Fsp3) is 0.179. The highest BCUT2D eigenvalue weighted by Crippen LogP contribution is 2.40. The Morgan fingerprint density at radius 2 is 1.64 bits per heavy atom. The number of phenols is 1. The van der Waals surface area contributed by atoms with Crippen LogP contribution in [0.15, 0.2) is 72.3 Å². The lowest BCUT2D eigenvalue weighted by Crippen LogP contribution is -2.29. The number of aromatic hydroxyl groups is 1. The van der Waals surface area contributed by atoms with Crippen LogP contribution in [-0.2, 0) is 20.9 Å². The first-order chi connectivity index (χ1) is 17.2. The third-order valence-corrected chi connectivity index (χ3v) is 6.00. The van der Waals surface area contributed by atoms with Crippen molar-refractivity contribution in [2.75, 3.05) is 6.61 Å². The average Bonchev–Trinajstić information content (AvgIpc) is 3.11. The normalized spacial score (nSPS) is 16.9. The standard InChI is InChI=1S/C28H24FNO6/c1-3-36-28(35)19-6-4-17(5-7-19)15-30-24(18-8-11-21(31)12-9-18)23(26(33)27(30)34)25(32)20-10-13-22(29)16(2)14-20/h4-14,24,31-32H,3,15H2,1-2H3/b25-23-. The number of aliphatic hydroxyl groups excluding tert-OH is 1. The number of nitrogens with zero attached hydrogens (tertiary/aromatic N) is 1. The van der Waals surface area contributed by atoms with Gasteiger partial charge in [0.25, 0.3) is 11.7 Å². The number of ketones is 1. The quantitative estimate of drug-likeness (QED) is 0.226. The van der Waals surface area contributed by atoms with Gasteiger partial charge in [-0.05, 0) is 73.0 Å². The number of halogens is 1. The number of amides is 1.